The lowest BCUT2D eigenvalue weighted by molar-refractivity contribution is 0.310. The standard InChI is InChI=1S/C11H9BrFNO/c12-8-5-10(15)7(4-9(8)13)11(6-14)2-1-3-11/h4-5,15H,1-3H2. The minimum Gasteiger partial charge on any atom is -0.508 e. The van der Waals surface area contributed by atoms with Crippen molar-refractivity contribution in [3.05, 3.63) is 28.0 Å². The fourth-order valence-corrected chi connectivity index (χ4v) is 2.22. The van der Waals surface area contributed by atoms with E-state index in [-0.39, 0.29) is 10.2 Å². The largest absolute Gasteiger partial charge is 0.508 e. The maximum atomic E-state index is 13.3. The number of benzene rings is 1. The van der Waals surface area contributed by atoms with Crippen molar-refractivity contribution in [1.29, 1.82) is 5.26 Å². The average Bonchev–Trinajstić information content (AvgIpc) is 2.12. The van der Waals surface area contributed by atoms with Gasteiger partial charge in [0.1, 0.15) is 11.6 Å². The highest BCUT2D eigenvalue weighted by atomic mass is 79.9. The van der Waals surface area contributed by atoms with Crippen molar-refractivity contribution in [1.82, 2.24) is 0 Å². The highest BCUT2D eigenvalue weighted by Gasteiger charge is 2.41. The summed E-state index contributed by atoms with van der Waals surface area (Å²) in [6, 6.07) is 4.74. The van der Waals surface area contributed by atoms with Crippen LogP contribution in [0.4, 0.5) is 4.39 Å². The zero-order valence-corrected chi connectivity index (χ0v) is 9.51. The van der Waals surface area contributed by atoms with Crippen molar-refractivity contribution in [3.63, 3.8) is 0 Å². The van der Waals surface area contributed by atoms with Gasteiger partial charge in [-0.3, -0.25) is 0 Å². The first kappa shape index (κ1) is 10.4. The predicted molar refractivity (Wildman–Crippen MR) is 56.9 cm³/mol. The molecule has 1 aromatic carbocycles. The van der Waals surface area contributed by atoms with Crippen LogP contribution in [0.5, 0.6) is 5.75 Å². The van der Waals surface area contributed by atoms with Crippen molar-refractivity contribution >= 4 is 15.9 Å². The first-order valence-corrected chi connectivity index (χ1v) is 5.48. The van der Waals surface area contributed by atoms with Crippen molar-refractivity contribution in [2.24, 2.45) is 0 Å². The van der Waals surface area contributed by atoms with Crippen molar-refractivity contribution in [2.75, 3.05) is 0 Å². The Morgan fingerprint density at radius 3 is 2.60 bits per heavy atom. The Labute approximate surface area is 95.5 Å². The van der Waals surface area contributed by atoms with E-state index in [0.717, 1.165) is 6.42 Å². The molecule has 0 amide bonds. The number of phenolic OH excluding ortho intramolecular Hbond substituents is 1. The number of halogens is 2. The van der Waals surface area contributed by atoms with Gasteiger partial charge in [-0.15, -0.1) is 0 Å². The van der Waals surface area contributed by atoms with Gasteiger partial charge in [0.25, 0.3) is 0 Å². The maximum Gasteiger partial charge on any atom is 0.137 e. The number of nitrogens with zero attached hydrogens (tertiary/aromatic N) is 1. The Balaban J connectivity index is 2.54. The summed E-state index contributed by atoms with van der Waals surface area (Å²) < 4.78 is 13.5. The monoisotopic (exact) mass is 269 g/mol. The van der Waals surface area contributed by atoms with Crippen molar-refractivity contribution < 1.29 is 9.50 Å². The normalized spacial score (nSPS) is 17.9. The summed E-state index contributed by atoms with van der Waals surface area (Å²) in [6.07, 6.45) is 2.33. The third-order valence-electron chi connectivity index (χ3n) is 2.98. The summed E-state index contributed by atoms with van der Waals surface area (Å²) in [5.41, 5.74) is -0.261. The van der Waals surface area contributed by atoms with Gasteiger partial charge in [0, 0.05) is 5.56 Å². The van der Waals surface area contributed by atoms with Crippen LogP contribution in [0.1, 0.15) is 24.8 Å². The minimum atomic E-state index is -0.675. The fourth-order valence-electron chi connectivity index (χ4n) is 1.89. The zero-order chi connectivity index (χ0) is 11.1. The van der Waals surface area contributed by atoms with Crippen LogP contribution in [0.2, 0.25) is 0 Å². The molecule has 0 saturated heterocycles. The molecule has 1 saturated carbocycles. The molecule has 2 nitrogen and oxygen atoms in total. The number of hydrogen-bond acceptors (Lipinski definition) is 2. The maximum absolute atomic E-state index is 13.3. The Bertz CT molecular complexity index is 449. The van der Waals surface area contributed by atoms with Crippen molar-refractivity contribution in [3.8, 4) is 11.8 Å². The van der Waals surface area contributed by atoms with Gasteiger partial charge >= 0.3 is 0 Å². The topological polar surface area (TPSA) is 44.0 Å². The van der Waals surface area contributed by atoms with E-state index in [4.69, 9.17) is 5.26 Å². The smallest absolute Gasteiger partial charge is 0.137 e. The Hall–Kier alpha value is -1.08. The number of rotatable bonds is 1. The molecule has 0 atom stereocenters. The molecular weight excluding hydrogens is 261 g/mol. The van der Waals surface area contributed by atoms with Crippen LogP contribution >= 0.6 is 15.9 Å². The van der Waals surface area contributed by atoms with E-state index in [2.05, 4.69) is 22.0 Å². The van der Waals surface area contributed by atoms with Crippen LogP contribution in [0, 0.1) is 17.1 Å². The zero-order valence-electron chi connectivity index (χ0n) is 7.93. The summed E-state index contributed by atoms with van der Waals surface area (Å²) in [6.45, 7) is 0. The van der Waals surface area contributed by atoms with Gasteiger partial charge < -0.3 is 5.11 Å². The summed E-state index contributed by atoms with van der Waals surface area (Å²) in [7, 11) is 0. The van der Waals surface area contributed by atoms with Crippen LogP contribution in [-0.2, 0) is 5.41 Å². The second kappa shape index (κ2) is 3.49. The molecule has 1 aliphatic rings. The molecule has 1 N–H and O–H groups in total. The van der Waals surface area contributed by atoms with E-state index in [9.17, 15) is 9.50 Å². The van der Waals surface area contributed by atoms with Gasteiger partial charge in [-0.05, 0) is 47.3 Å². The molecule has 0 radical (unpaired) electrons. The Morgan fingerprint density at radius 1 is 1.47 bits per heavy atom. The van der Waals surface area contributed by atoms with E-state index in [0.29, 0.717) is 18.4 Å². The predicted octanol–water partition coefficient (Wildman–Crippen LogP) is 3.24. The molecule has 0 spiro atoms. The Kier molecular flexibility index (Phi) is 2.43. The third-order valence-corrected chi connectivity index (χ3v) is 3.58. The quantitative estimate of drug-likeness (QED) is 0.851. The molecule has 1 fully saturated rings. The molecule has 0 heterocycles. The molecule has 0 aliphatic heterocycles. The Morgan fingerprint density at radius 2 is 2.13 bits per heavy atom. The van der Waals surface area contributed by atoms with Gasteiger partial charge in [-0.1, -0.05) is 0 Å². The van der Waals surface area contributed by atoms with Crippen molar-refractivity contribution in [2.45, 2.75) is 24.7 Å². The van der Waals surface area contributed by atoms with Crippen LogP contribution in [0.25, 0.3) is 0 Å². The van der Waals surface area contributed by atoms with Crippen LogP contribution in [0.15, 0.2) is 16.6 Å². The van der Waals surface area contributed by atoms with Crippen LogP contribution < -0.4 is 0 Å². The summed E-state index contributed by atoms with van der Waals surface area (Å²) in [5.74, 6) is -0.450. The molecule has 4 heteroatoms. The number of aromatic hydroxyl groups is 1. The SMILES string of the molecule is N#CC1(c2cc(F)c(Br)cc2O)CCC1. The highest BCUT2D eigenvalue weighted by molar-refractivity contribution is 9.10. The lowest BCUT2D eigenvalue weighted by Crippen LogP contribution is -2.32. The van der Waals surface area contributed by atoms with Gasteiger partial charge in [-0.25, -0.2) is 4.39 Å². The summed E-state index contributed by atoms with van der Waals surface area (Å²) in [4.78, 5) is 0. The lowest BCUT2D eigenvalue weighted by Gasteiger charge is -2.36. The third kappa shape index (κ3) is 1.51. The summed E-state index contributed by atoms with van der Waals surface area (Å²) >= 11 is 2.99. The van der Waals surface area contributed by atoms with Gasteiger partial charge in [-0.2, -0.15) is 5.26 Å². The molecule has 0 unspecified atom stereocenters. The molecule has 2 rings (SSSR count). The molecule has 78 valence electrons. The second-order valence-corrected chi connectivity index (χ2v) is 4.69. The fraction of sp³-hybridized carbons (Fsp3) is 0.364. The second-order valence-electron chi connectivity index (χ2n) is 3.83. The summed E-state index contributed by atoms with van der Waals surface area (Å²) in [5, 5.41) is 18.8. The van der Waals surface area contributed by atoms with E-state index in [1.807, 2.05) is 0 Å². The van der Waals surface area contributed by atoms with E-state index in [1.54, 1.807) is 0 Å². The first-order chi connectivity index (χ1) is 7.09. The molecule has 15 heavy (non-hydrogen) atoms. The molecule has 0 bridgehead atoms. The minimum absolute atomic E-state index is 0.00970. The van der Waals surface area contributed by atoms with E-state index < -0.39 is 11.2 Å². The highest BCUT2D eigenvalue weighted by Crippen LogP contribution is 2.47. The molecule has 0 aromatic heterocycles. The lowest BCUT2D eigenvalue weighted by atomic mass is 9.65. The number of nitriles is 1. The van der Waals surface area contributed by atoms with Crippen LogP contribution in [-0.4, -0.2) is 5.11 Å². The molecular formula is C11H9BrFNO. The van der Waals surface area contributed by atoms with Gasteiger partial charge in [0.2, 0.25) is 0 Å². The van der Waals surface area contributed by atoms with Crippen LogP contribution in [0.3, 0.4) is 0 Å². The first-order valence-electron chi connectivity index (χ1n) is 4.69. The van der Waals surface area contributed by atoms with Gasteiger partial charge in [0.05, 0.1) is 16.0 Å². The van der Waals surface area contributed by atoms with E-state index >= 15 is 0 Å². The average molecular weight is 270 g/mol. The van der Waals surface area contributed by atoms with Gasteiger partial charge in [0.15, 0.2) is 0 Å². The number of hydrogen-bond donors (Lipinski definition) is 1. The number of phenols is 1. The van der Waals surface area contributed by atoms with E-state index in [1.165, 1.54) is 12.1 Å². The molecule has 1 aromatic rings. The molecule has 1 aliphatic carbocycles.